The van der Waals surface area contributed by atoms with Gasteiger partial charge in [0.15, 0.2) is 0 Å². The summed E-state index contributed by atoms with van der Waals surface area (Å²) in [6, 6.07) is 7.76. The van der Waals surface area contributed by atoms with Gasteiger partial charge in [0.2, 0.25) is 0 Å². The van der Waals surface area contributed by atoms with Crippen molar-refractivity contribution in [2.45, 2.75) is 25.4 Å². The maximum absolute atomic E-state index is 13.7. The minimum atomic E-state index is -4.54. The number of nitrogens with one attached hydrogen (secondary N) is 3. The third-order valence-corrected chi connectivity index (χ3v) is 5.66. The lowest BCUT2D eigenvalue weighted by molar-refractivity contribution is -0.136. The predicted octanol–water partition coefficient (Wildman–Crippen LogP) is 5.15. The van der Waals surface area contributed by atoms with E-state index in [9.17, 15) is 22.4 Å². The standard InChI is InChI=1S/C23H24F4N4O/c24-15-4-6-20-17(12-15)18(22(32)30-20)14-29-16-5-7-21(19(13-16)23(25,26)27)28-8-11-31-9-2-1-3-10-31/h4-7,12-14,28-29H,1-3,8-11H2,(H,30,32)/b18-14+. The second-order valence-electron chi connectivity index (χ2n) is 7.93. The van der Waals surface area contributed by atoms with Gasteiger partial charge in [0, 0.05) is 41.9 Å². The van der Waals surface area contributed by atoms with Crippen LogP contribution in [-0.2, 0) is 11.0 Å². The molecule has 0 saturated carbocycles. The average molecular weight is 448 g/mol. The highest BCUT2D eigenvalue weighted by Gasteiger charge is 2.34. The molecule has 1 saturated heterocycles. The van der Waals surface area contributed by atoms with Crippen LogP contribution in [0.1, 0.15) is 30.4 Å². The summed E-state index contributed by atoms with van der Waals surface area (Å²) in [6.45, 7) is 3.06. The van der Waals surface area contributed by atoms with Crippen LogP contribution in [0.5, 0.6) is 0 Å². The maximum Gasteiger partial charge on any atom is 0.418 e. The lowest BCUT2D eigenvalue weighted by atomic mass is 10.1. The number of carbonyl (C=O) groups excluding carboxylic acids is 1. The minimum Gasteiger partial charge on any atom is -0.383 e. The van der Waals surface area contributed by atoms with Crippen LogP contribution in [0.25, 0.3) is 5.57 Å². The number of fused-ring (bicyclic) bond motifs is 1. The van der Waals surface area contributed by atoms with Crippen molar-refractivity contribution in [3.63, 3.8) is 0 Å². The summed E-state index contributed by atoms with van der Waals surface area (Å²) < 4.78 is 54.5. The minimum absolute atomic E-state index is 0.0127. The number of piperidine rings is 1. The van der Waals surface area contributed by atoms with E-state index < -0.39 is 23.5 Å². The first kappa shape index (κ1) is 22.1. The summed E-state index contributed by atoms with van der Waals surface area (Å²) in [6.07, 6.45) is 0.199. The molecule has 1 fully saturated rings. The Balaban J connectivity index is 1.49. The summed E-state index contributed by atoms with van der Waals surface area (Å²) >= 11 is 0. The fourth-order valence-corrected chi connectivity index (χ4v) is 4.01. The van der Waals surface area contributed by atoms with Gasteiger partial charge in [-0.1, -0.05) is 6.42 Å². The van der Waals surface area contributed by atoms with Crippen molar-refractivity contribution in [2.75, 3.05) is 42.1 Å². The molecule has 2 heterocycles. The first-order valence-electron chi connectivity index (χ1n) is 10.6. The van der Waals surface area contributed by atoms with E-state index in [1.807, 2.05) is 0 Å². The zero-order chi connectivity index (χ0) is 22.7. The smallest absolute Gasteiger partial charge is 0.383 e. The molecule has 2 aromatic carbocycles. The van der Waals surface area contributed by atoms with Crippen LogP contribution in [0, 0.1) is 5.82 Å². The fourth-order valence-electron chi connectivity index (χ4n) is 4.01. The van der Waals surface area contributed by atoms with Crippen LogP contribution in [0.15, 0.2) is 42.6 Å². The number of anilines is 3. The molecule has 2 aliphatic rings. The lowest BCUT2D eigenvalue weighted by Gasteiger charge is -2.26. The Morgan fingerprint density at radius 1 is 1.06 bits per heavy atom. The highest BCUT2D eigenvalue weighted by atomic mass is 19.4. The molecular formula is C23H24F4N4O. The van der Waals surface area contributed by atoms with Gasteiger partial charge in [0.05, 0.1) is 11.1 Å². The summed E-state index contributed by atoms with van der Waals surface area (Å²) in [5.41, 5.74) is 0.352. The SMILES string of the molecule is O=C1Nc2ccc(F)cc2/C1=C\Nc1ccc(NCCN2CCCCC2)c(C(F)(F)F)c1. The molecule has 2 aromatic rings. The lowest BCUT2D eigenvalue weighted by Crippen LogP contribution is -2.33. The van der Waals surface area contributed by atoms with Crippen LogP contribution in [0.2, 0.25) is 0 Å². The Morgan fingerprint density at radius 2 is 1.84 bits per heavy atom. The van der Waals surface area contributed by atoms with Crippen LogP contribution in [0.3, 0.4) is 0 Å². The van der Waals surface area contributed by atoms with Crippen molar-refractivity contribution in [2.24, 2.45) is 0 Å². The van der Waals surface area contributed by atoms with Crippen molar-refractivity contribution >= 4 is 28.5 Å². The van der Waals surface area contributed by atoms with Crippen LogP contribution in [-0.4, -0.2) is 37.0 Å². The number of nitrogens with zero attached hydrogens (tertiary/aromatic N) is 1. The molecule has 32 heavy (non-hydrogen) atoms. The van der Waals surface area contributed by atoms with E-state index in [2.05, 4.69) is 20.9 Å². The van der Waals surface area contributed by atoms with E-state index in [0.717, 1.165) is 32.0 Å². The van der Waals surface area contributed by atoms with Gasteiger partial charge < -0.3 is 20.9 Å². The second kappa shape index (κ2) is 9.20. The molecule has 9 heteroatoms. The molecule has 5 nitrogen and oxygen atoms in total. The monoisotopic (exact) mass is 448 g/mol. The zero-order valence-electron chi connectivity index (χ0n) is 17.4. The summed E-state index contributed by atoms with van der Waals surface area (Å²) in [7, 11) is 0. The normalized spacial score (nSPS) is 17.9. The summed E-state index contributed by atoms with van der Waals surface area (Å²) in [5.74, 6) is -0.962. The number of alkyl halides is 3. The summed E-state index contributed by atoms with van der Waals surface area (Å²) in [4.78, 5) is 14.4. The van der Waals surface area contributed by atoms with Crippen molar-refractivity contribution in [3.05, 3.63) is 59.5 Å². The molecule has 0 spiro atoms. The number of likely N-dealkylation sites (tertiary alicyclic amines) is 1. The van der Waals surface area contributed by atoms with Gasteiger partial charge in [0.1, 0.15) is 5.82 Å². The second-order valence-corrected chi connectivity index (χ2v) is 7.93. The molecule has 1 amide bonds. The molecule has 170 valence electrons. The molecule has 2 aliphatic heterocycles. The topological polar surface area (TPSA) is 56.4 Å². The average Bonchev–Trinajstić information content (AvgIpc) is 3.07. The van der Waals surface area contributed by atoms with Gasteiger partial charge >= 0.3 is 6.18 Å². The molecule has 0 atom stereocenters. The van der Waals surface area contributed by atoms with E-state index in [1.165, 1.54) is 43.0 Å². The van der Waals surface area contributed by atoms with Gasteiger partial charge in [-0.15, -0.1) is 0 Å². The molecule has 0 radical (unpaired) electrons. The van der Waals surface area contributed by atoms with Crippen molar-refractivity contribution in [1.82, 2.24) is 4.90 Å². The zero-order valence-corrected chi connectivity index (χ0v) is 17.4. The van der Waals surface area contributed by atoms with Gasteiger partial charge in [0.25, 0.3) is 5.91 Å². The largest absolute Gasteiger partial charge is 0.418 e. The van der Waals surface area contributed by atoms with Crippen molar-refractivity contribution < 1.29 is 22.4 Å². The Kier molecular flexibility index (Phi) is 6.36. The third-order valence-electron chi connectivity index (χ3n) is 5.66. The number of hydrogen-bond acceptors (Lipinski definition) is 4. The Bertz CT molecular complexity index is 1030. The molecular weight excluding hydrogens is 424 g/mol. The van der Waals surface area contributed by atoms with Crippen molar-refractivity contribution in [1.29, 1.82) is 0 Å². The molecule has 4 rings (SSSR count). The van der Waals surface area contributed by atoms with E-state index in [1.54, 1.807) is 0 Å². The van der Waals surface area contributed by atoms with E-state index in [0.29, 0.717) is 24.3 Å². The van der Waals surface area contributed by atoms with Gasteiger partial charge in [-0.25, -0.2) is 4.39 Å². The Labute approximate surface area is 183 Å². The highest BCUT2D eigenvalue weighted by Crippen LogP contribution is 2.37. The summed E-state index contributed by atoms with van der Waals surface area (Å²) in [5, 5.41) is 8.25. The van der Waals surface area contributed by atoms with Crippen molar-refractivity contribution in [3.8, 4) is 0 Å². The number of amides is 1. The predicted molar refractivity (Wildman–Crippen MR) is 117 cm³/mol. The first-order valence-corrected chi connectivity index (χ1v) is 10.6. The van der Waals surface area contributed by atoms with Gasteiger partial charge in [-0.2, -0.15) is 13.2 Å². The molecule has 0 bridgehead atoms. The van der Waals surface area contributed by atoms with Gasteiger partial charge in [-0.05, 0) is 62.3 Å². The number of rotatable bonds is 6. The third kappa shape index (κ3) is 5.04. The number of halogens is 4. The number of benzene rings is 2. The Hall–Kier alpha value is -3.07. The van der Waals surface area contributed by atoms with E-state index >= 15 is 0 Å². The van der Waals surface area contributed by atoms with Gasteiger partial charge in [-0.3, -0.25) is 4.79 Å². The molecule has 3 N–H and O–H groups in total. The molecule has 0 aliphatic carbocycles. The van der Waals surface area contributed by atoms with Crippen LogP contribution >= 0.6 is 0 Å². The van der Waals surface area contributed by atoms with E-state index in [4.69, 9.17) is 0 Å². The van der Waals surface area contributed by atoms with E-state index in [-0.39, 0.29) is 16.9 Å². The fraction of sp³-hybridized carbons (Fsp3) is 0.348. The molecule has 0 unspecified atom stereocenters. The maximum atomic E-state index is 13.7. The number of hydrogen-bond donors (Lipinski definition) is 3. The van der Waals surface area contributed by atoms with Crippen LogP contribution in [0.4, 0.5) is 34.6 Å². The molecule has 0 aromatic heterocycles. The number of carbonyl (C=O) groups is 1. The van der Waals surface area contributed by atoms with Crippen LogP contribution < -0.4 is 16.0 Å². The highest BCUT2D eigenvalue weighted by molar-refractivity contribution is 6.31. The quantitative estimate of drug-likeness (QED) is 0.423. The Morgan fingerprint density at radius 3 is 2.59 bits per heavy atom. The first-order chi connectivity index (χ1) is 15.3.